The van der Waals surface area contributed by atoms with Gasteiger partial charge in [-0.05, 0) is 43.0 Å². The number of hydrogen-bond donors (Lipinski definition) is 0. The molecule has 0 amide bonds. The van der Waals surface area contributed by atoms with Gasteiger partial charge in [0.25, 0.3) is 0 Å². The van der Waals surface area contributed by atoms with Crippen LogP contribution in [0.5, 0.6) is 0 Å². The zero-order valence-corrected chi connectivity index (χ0v) is 14.5. The summed E-state index contributed by atoms with van der Waals surface area (Å²) in [7, 11) is 0. The van der Waals surface area contributed by atoms with Crippen molar-refractivity contribution < 1.29 is 0 Å². The summed E-state index contributed by atoms with van der Waals surface area (Å²) < 4.78 is 0. The fourth-order valence-corrected chi connectivity index (χ4v) is 4.15. The van der Waals surface area contributed by atoms with Crippen LogP contribution in [0, 0.1) is 6.92 Å². The normalized spacial score (nSPS) is 18.1. The minimum Gasteiger partial charge on any atom is -0.297 e. The van der Waals surface area contributed by atoms with E-state index in [2.05, 4.69) is 51.4 Å². The maximum absolute atomic E-state index is 4.71. The molecule has 5 heteroatoms. The van der Waals surface area contributed by atoms with Crippen molar-refractivity contribution >= 4 is 11.3 Å². The average molecular weight is 336 g/mol. The molecule has 122 valence electrons. The van der Waals surface area contributed by atoms with Crippen molar-refractivity contribution in [1.29, 1.82) is 0 Å². The third kappa shape index (κ3) is 3.23. The van der Waals surface area contributed by atoms with Gasteiger partial charge >= 0.3 is 0 Å². The second kappa shape index (κ2) is 6.79. The van der Waals surface area contributed by atoms with Gasteiger partial charge in [-0.25, -0.2) is 15.0 Å². The van der Waals surface area contributed by atoms with Crippen LogP contribution < -0.4 is 0 Å². The molecule has 4 nitrogen and oxygen atoms in total. The van der Waals surface area contributed by atoms with Crippen LogP contribution in [-0.2, 0) is 6.54 Å². The van der Waals surface area contributed by atoms with Gasteiger partial charge in [-0.15, -0.1) is 11.3 Å². The van der Waals surface area contributed by atoms with E-state index in [9.17, 15) is 0 Å². The lowest BCUT2D eigenvalue weighted by molar-refractivity contribution is 0.323. The van der Waals surface area contributed by atoms with Gasteiger partial charge in [0, 0.05) is 30.9 Å². The fourth-order valence-electron chi connectivity index (χ4n) is 3.40. The maximum atomic E-state index is 4.71. The monoisotopic (exact) mass is 336 g/mol. The van der Waals surface area contributed by atoms with Gasteiger partial charge < -0.3 is 0 Å². The highest BCUT2D eigenvalue weighted by Crippen LogP contribution is 2.30. The van der Waals surface area contributed by atoms with Crippen molar-refractivity contribution in [3.8, 4) is 10.8 Å². The van der Waals surface area contributed by atoms with Crippen LogP contribution in [0.25, 0.3) is 10.8 Å². The van der Waals surface area contributed by atoms with Gasteiger partial charge in [0.15, 0.2) is 10.8 Å². The SMILES string of the molecule is Cc1ccccc1[C@H]1CCN(Cc2csc(-c3ncccn3)n2)C1. The Kier molecular flexibility index (Phi) is 4.36. The highest BCUT2D eigenvalue weighted by atomic mass is 32.1. The molecule has 4 rings (SSSR count). The first-order valence-electron chi connectivity index (χ1n) is 8.29. The summed E-state index contributed by atoms with van der Waals surface area (Å²) in [5.41, 5.74) is 4.02. The molecule has 0 unspecified atom stereocenters. The van der Waals surface area contributed by atoms with E-state index in [0.29, 0.717) is 11.7 Å². The summed E-state index contributed by atoms with van der Waals surface area (Å²) in [6.45, 7) is 5.36. The molecule has 1 saturated heterocycles. The highest BCUT2D eigenvalue weighted by Gasteiger charge is 2.25. The number of aromatic nitrogens is 3. The van der Waals surface area contributed by atoms with Crippen molar-refractivity contribution in [2.45, 2.75) is 25.8 Å². The molecule has 0 spiro atoms. The molecule has 0 radical (unpaired) electrons. The number of aryl methyl sites for hydroxylation is 1. The van der Waals surface area contributed by atoms with Gasteiger partial charge in [-0.2, -0.15) is 0 Å². The number of nitrogens with zero attached hydrogens (tertiary/aromatic N) is 4. The molecule has 24 heavy (non-hydrogen) atoms. The van der Waals surface area contributed by atoms with Crippen LogP contribution in [0.15, 0.2) is 48.1 Å². The van der Waals surface area contributed by atoms with Crippen molar-refractivity contribution in [1.82, 2.24) is 19.9 Å². The average Bonchev–Trinajstić information content (AvgIpc) is 3.26. The van der Waals surface area contributed by atoms with Crippen LogP contribution in [-0.4, -0.2) is 32.9 Å². The highest BCUT2D eigenvalue weighted by molar-refractivity contribution is 7.13. The number of likely N-dealkylation sites (tertiary alicyclic amines) is 1. The summed E-state index contributed by atoms with van der Waals surface area (Å²) in [5, 5.41) is 3.03. The van der Waals surface area contributed by atoms with Crippen LogP contribution in [0.1, 0.15) is 29.2 Å². The molecular formula is C19H20N4S. The number of rotatable bonds is 4. The summed E-state index contributed by atoms with van der Waals surface area (Å²) in [6.07, 6.45) is 4.75. The van der Waals surface area contributed by atoms with Crippen molar-refractivity contribution in [3.63, 3.8) is 0 Å². The quantitative estimate of drug-likeness (QED) is 0.725. The standard InChI is InChI=1S/C19H20N4S/c1-14-5-2-3-6-17(14)15-7-10-23(11-15)12-16-13-24-19(22-16)18-20-8-4-9-21-18/h2-6,8-9,13,15H,7,10-12H2,1H3/t15-/m0/s1. The third-order valence-electron chi connectivity index (χ3n) is 4.60. The molecule has 1 fully saturated rings. The van der Waals surface area contributed by atoms with E-state index < -0.39 is 0 Å². The minimum absolute atomic E-state index is 0.641. The molecule has 0 N–H and O–H groups in total. The van der Waals surface area contributed by atoms with Crippen LogP contribution >= 0.6 is 11.3 Å². The van der Waals surface area contributed by atoms with E-state index in [-0.39, 0.29) is 0 Å². The Bertz CT molecular complexity index is 815. The zero-order chi connectivity index (χ0) is 16.4. The summed E-state index contributed by atoms with van der Waals surface area (Å²) in [6, 6.07) is 10.6. The Hall–Kier alpha value is -2.11. The van der Waals surface area contributed by atoms with Crippen LogP contribution in [0.3, 0.4) is 0 Å². The minimum atomic E-state index is 0.641. The fraction of sp³-hybridized carbons (Fsp3) is 0.316. The Balaban J connectivity index is 1.42. The Labute approximate surface area is 146 Å². The smallest absolute Gasteiger partial charge is 0.188 e. The Morgan fingerprint density at radius 3 is 2.83 bits per heavy atom. The van der Waals surface area contributed by atoms with Crippen molar-refractivity contribution in [2.24, 2.45) is 0 Å². The molecular weight excluding hydrogens is 316 g/mol. The van der Waals surface area contributed by atoms with E-state index in [1.54, 1.807) is 23.7 Å². The van der Waals surface area contributed by atoms with Gasteiger partial charge in [0.05, 0.1) is 5.69 Å². The first-order valence-corrected chi connectivity index (χ1v) is 9.17. The van der Waals surface area contributed by atoms with Gasteiger partial charge in [0.2, 0.25) is 0 Å². The first kappa shape index (κ1) is 15.4. The topological polar surface area (TPSA) is 41.9 Å². The lowest BCUT2D eigenvalue weighted by atomic mass is 9.94. The first-order chi connectivity index (χ1) is 11.8. The third-order valence-corrected chi connectivity index (χ3v) is 5.48. The predicted molar refractivity (Wildman–Crippen MR) is 97.0 cm³/mol. The van der Waals surface area contributed by atoms with Crippen LogP contribution in [0.2, 0.25) is 0 Å². The van der Waals surface area contributed by atoms with E-state index in [4.69, 9.17) is 4.98 Å². The summed E-state index contributed by atoms with van der Waals surface area (Å²) in [4.78, 5) is 15.8. The molecule has 1 atom stereocenters. The lowest BCUT2D eigenvalue weighted by Gasteiger charge is -2.16. The summed E-state index contributed by atoms with van der Waals surface area (Å²) >= 11 is 1.62. The molecule has 0 aliphatic carbocycles. The maximum Gasteiger partial charge on any atom is 0.188 e. The lowest BCUT2D eigenvalue weighted by Crippen LogP contribution is -2.20. The number of thiazole rings is 1. The van der Waals surface area contributed by atoms with Gasteiger partial charge in [0.1, 0.15) is 0 Å². The van der Waals surface area contributed by atoms with E-state index >= 15 is 0 Å². The second-order valence-corrected chi connectivity index (χ2v) is 7.15. The zero-order valence-electron chi connectivity index (χ0n) is 13.7. The Morgan fingerprint density at radius 2 is 2.00 bits per heavy atom. The van der Waals surface area contributed by atoms with Crippen molar-refractivity contribution in [2.75, 3.05) is 13.1 Å². The van der Waals surface area contributed by atoms with E-state index in [0.717, 1.165) is 30.3 Å². The molecule has 1 aromatic carbocycles. The van der Waals surface area contributed by atoms with E-state index in [1.807, 2.05) is 6.07 Å². The van der Waals surface area contributed by atoms with Crippen LogP contribution in [0.4, 0.5) is 0 Å². The largest absolute Gasteiger partial charge is 0.297 e. The molecule has 0 bridgehead atoms. The van der Waals surface area contributed by atoms with E-state index in [1.165, 1.54) is 17.5 Å². The molecule has 1 aliphatic rings. The molecule has 3 heterocycles. The predicted octanol–water partition coefficient (Wildman–Crippen LogP) is 3.90. The van der Waals surface area contributed by atoms with Gasteiger partial charge in [-0.3, -0.25) is 4.90 Å². The second-order valence-electron chi connectivity index (χ2n) is 6.29. The molecule has 3 aromatic rings. The van der Waals surface area contributed by atoms with Gasteiger partial charge in [-0.1, -0.05) is 24.3 Å². The van der Waals surface area contributed by atoms with Crippen molar-refractivity contribution in [3.05, 3.63) is 64.9 Å². The Morgan fingerprint density at radius 1 is 1.17 bits per heavy atom. The molecule has 1 aliphatic heterocycles. The summed E-state index contributed by atoms with van der Waals surface area (Å²) in [5.74, 6) is 1.36. The molecule has 0 saturated carbocycles. The number of hydrogen-bond acceptors (Lipinski definition) is 5. The number of benzene rings is 1. The molecule has 2 aromatic heterocycles.